The molecule has 0 aliphatic heterocycles. The van der Waals surface area contributed by atoms with E-state index in [0.29, 0.717) is 13.0 Å². The van der Waals surface area contributed by atoms with Crippen LogP contribution in [0.5, 0.6) is 0 Å². The molecule has 0 radical (unpaired) electrons. The average molecular weight is 453 g/mol. The first-order chi connectivity index (χ1) is 15.9. The molecule has 2 aromatic carbocycles. The summed E-state index contributed by atoms with van der Waals surface area (Å²) in [4.78, 5) is 35.5. The van der Waals surface area contributed by atoms with E-state index in [1.165, 1.54) is 11.1 Å². The van der Waals surface area contributed by atoms with Crippen molar-refractivity contribution in [3.8, 4) is 11.1 Å². The van der Waals surface area contributed by atoms with Crippen LogP contribution in [0.4, 0.5) is 4.79 Å². The van der Waals surface area contributed by atoms with E-state index in [9.17, 15) is 14.4 Å². The molecule has 33 heavy (non-hydrogen) atoms. The summed E-state index contributed by atoms with van der Waals surface area (Å²) in [6, 6.07) is 15.9. The minimum atomic E-state index is -0.932. The van der Waals surface area contributed by atoms with Crippen LogP contribution in [-0.4, -0.2) is 42.3 Å². The lowest BCUT2D eigenvalue weighted by atomic mass is 9.98. The number of carboxylic acids is 1. The first-order valence-electron chi connectivity index (χ1n) is 11.5. The van der Waals surface area contributed by atoms with Gasteiger partial charge in [0.25, 0.3) is 0 Å². The van der Waals surface area contributed by atoms with Crippen LogP contribution in [0, 0.1) is 5.92 Å². The Morgan fingerprint density at radius 2 is 1.61 bits per heavy atom. The second-order valence-electron chi connectivity index (χ2n) is 8.67. The van der Waals surface area contributed by atoms with Crippen molar-refractivity contribution in [1.29, 1.82) is 0 Å². The zero-order valence-corrected chi connectivity index (χ0v) is 19.2. The standard InChI is InChI=1S/C26H32N2O5/c1-3-8-18(14-25(30)31)28-24(29)13-17(2)15-27-26(32)33-16-23-21-11-6-4-9-19(21)20-10-5-7-12-22(20)23/h4-7,9-12,17-18,23H,3,8,13-16H2,1-2H3,(H,27,32)(H,28,29)(H,30,31). The van der Waals surface area contributed by atoms with E-state index in [-0.39, 0.29) is 43.2 Å². The van der Waals surface area contributed by atoms with E-state index in [4.69, 9.17) is 9.84 Å². The third kappa shape index (κ3) is 6.57. The van der Waals surface area contributed by atoms with Gasteiger partial charge in [-0.1, -0.05) is 68.8 Å². The number of benzene rings is 2. The molecule has 2 unspecified atom stereocenters. The van der Waals surface area contributed by atoms with Gasteiger partial charge in [-0.3, -0.25) is 9.59 Å². The first-order valence-corrected chi connectivity index (χ1v) is 11.5. The molecule has 1 aliphatic rings. The predicted octanol–water partition coefficient (Wildman–Crippen LogP) is 4.31. The number of hydrogen-bond donors (Lipinski definition) is 3. The van der Waals surface area contributed by atoms with Crippen LogP contribution in [0.25, 0.3) is 11.1 Å². The van der Waals surface area contributed by atoms with Gasteiger partial charge in [0.05, 0.1) is 6.42 Å². The summed E-state index contributed by atoms with van der Waals surface area (Å²) in [6.45, 7) is 4.33. The molecule has 0 spiro atoms. The van der Waals surface area contributed by atoms with Gasteiger partial charge in [-0.25, -0.2) is 4.79 Å². The third-order valence-corrected chi connectivity index (χ3v) is 5.90. The number of ether oxygens (including phenoxy) is 1. The molecule has 2 amide bonds. The molecule has 3 N–H and O–H groups in total. The van der Waals surface area contributed by atoms with Crippen molar-refractivity contribution in [2.24, 2.45) is 5.92 Å². The summed E-state index contributed by atoms with van der Waals surface area (Å²) in [5.41, 5.74) is 4.65. The highest BCUT2D eigenvalue weighted by atomic mass is 16.5. The number of carboxylic acid groups (broad SMARTS) is 1. The quantitative estimate of drug-likeness (QED) is 0.471. The van der Waals surface area contributed by atoms with Crippen LogP contribution in [0.3, 0.4) is 0 Å². The lowest BCUT2D eigenvalue weighted by molar-refractivity contribution is -0.137. The monoisotopic (exact) mass is 452 g/mol. The molecule has 0 heterocycles. The number of carbonyl (C=O) groups excluding carboxylic acids is 2. The van der Waals surface area contributed by atoms with Gasteiger partial charge in [0.2, 0.25) is 5.91 Å². The number of carbonyl (C=O) groups is 3. The molecule has 7 heteroatoms. The Morgan fingerprint density at radius 1 is 1.00 bits per heavy atom. The fraction of sp³-hybridized carbons (Fsp3) is 0.423. The Balaban J connectivity index is 1.45. The number of amides is 2. The summed E-state index contributed by atoms with van der Waals surface area (Å²) in [6.07, 6.45) is 0.996. The van der Waals surface area contributed by atoms with E-state index in [0.717, 1.165) is 17.5 Å². The maximum Gasteiger partial charge on any atom is 0.407 e. The minimum Gasteiger partial charge on any atom is -0.481 e. The Bertz CT molecular complexity index is 945. The molecule has 0 aromatic heterocycles. The molecule has 0 saturated carbocycles. The molecule has 3 rings (SSSR count). The number of nitrogens with one attached hydrogen (secondary N) is 2. The smallest absolute Gasteiger partial charge is 0.407 e. The normalized spacial score (nSPS) is 14.0. The maximum atomic E-state index is 12.3. The van der Waals surface area contributed by atoms with Crippen molar-refractivity contribution in [3.63, 3.8) is 0 Å². The van der Waals surface area contributed by atoms with Gasteiger partial charge in [0.15, 0.2) is 0 Å². The van der Waals surface area contributed by atoms with E-state index >= 15 is 0 Å². The minimum absolute atomic E-state index is 0.00362. The van der Waals surface area contributed by atoms with Gasteiger partial charge < -0.3 is 20.5 Å². The van der Waals surface area contributed by atoms with Gasteiger partial charge in [-0.15, -0.1) is 0 Å². The predicted molar refractivity (Wildman–Crippen MR) is 126 cm³/mol. The molecule has 0 saturated heterocycles. The summed E-state index contributed by atoms with van der Waals surface area (Å²) >= 11 is 0. The topological polar surface area (TPSA) is 105 Å². The van der Waals surface area contributed by atoms with Gasteiger partial charge in [0, 0.05) is 24.9 Å². The van der Waals surface area contributed by atoms with E-state index in [2.05, 4.69) is 34.9 Å². The molecule has 7 nitrogen and oxygen atoms in total. The average Bonchev–Trinajstić information content (AvgIpc) is 3.09. The third-order valence-electron chi connectivity index (χ3n) is 5.90. The highest BCUT2D eigenvalue weighted by Crippen LogP contribution is 2.44. The van der Waals surface area contributed by atoms with Crippen molar-refractivity contribution in [1.82, 2.24) is 10.6 Å². The molecule has 2 aromatic rings. The van der Waals surface area contributed by atoms with Crippen LogP contribution in [-0.2, 0) is 14.3 Å². The van der Waals surface area contributed by atoms with Crippen molar-refractivity contribution < 1.29 is 24.2 Å². The molecule has 0 bridgehead atoms. The number of hydrogen-bond acceptors (Lipinski definition) is 4. The van der Waals surface area contributed by atoms with Gasteiger partial charge >= 0.3 is 12.1 Å². The summed E-state index contributed by atoms with van der Waals surface area (Å²) in [5, 5.41) is 14.5. The Morgan fingerprint density at radius 3 is 2.18 bits per heavy atom. The molecule has 1 aliphatic carbocycles. The van der Waals surface area contributed by atoms with Gasteiger partial charge in [0.1, 0.15) is 6.61 Å². The molecular weight excluding hydrogens is 420 g/mol. The SMILES string of the molecule is CCCC(CC(=O)O)NC(=O)CC(C)CNC(=O)OCC1c2ccccc2-c2ccccc21. The van der Waals surface area contributed by atoms with Crippen LogP contribution in [0.2, 0.25) is 0 Å². The fourth-order valence-electron chi connectivity index (χ4n) is 4.37. The number of alkyl carbamates (subject to hydrolysis) is 1. The largest absolute Gasteiger partial charge is 0.481 e. The number of aliphatic carboxylic acids is 1. The zero-order chi connectivity index (χ0) is 23.8. The van der Waals surface area contributed by atoms with Crippen LogP contribution in [0.1, 0.15) is 56.6 Å². The first kappa shape index (κ1) is 24.3. The highest BCUT2D eigenvalue weighted by Gasteiger charge is 2.29. The second kappa shape index (κ2) is 11.5. The zero-order valence-electron chi connectivity index (χ0n) is 19.2. The van der Waals surface area contributed by atoms with E-state index in [1.807, 2.05) is 38.1 Å². The lowest BCUT2D eigenvalue weighted by Crippen LogP contribution is -2.38. The molecule has 0 fully saturated rings. The fourth-order valence-corrected chi connectivity index (χ4v) is 4.37. The van der Waals surface area contributed by atoms with Crippen LogP contribution in [0.15, 0.2) is 48.5 Å². The Kier molecular flexibility index (Phi) is 8.46. The molecular formula is C26H32N2O5. The van der Waals surface area contributed by atoms with E-state index < -0.39 is 12.1 Å². The second-order valence-corrected chi connectivity index (χ2v) is 8.67. The van der Waals surface area contributed by atoms with Gasteiger partial charge in [-0.05, 0) is 34.6 Å². The summed E-state index contributed by atoms with van der Waals surface area (Å²) < 4.78 is 5.52. The highest BCUT2D eigenvalue weighted by molar-refractivity contribution is 5.79. The lowest BCUT2D eigenvalue weighted by Gasteiger charge is -2.18. The Labute approximate surface area is 194 Å². The maximum absolute atomic E-state index is 12.3. The summed E-state index contributed by atoms with van der Waals surface area (Å²) in [7, 11) is 0. The van der Waals surface area contributed by atoms with Crippen LogP contribution < -0.4 is 10.6 Å². The van der Waals surface area contributed by atoms with Crippen molar-refractivity contribution in [3.05, 3.63) is 59.7 Å². The van der Waals surface area contributed by atoms with Crippen molar-refractivity contribution in [2.75, 3.05) is 13.2 Å². The van der Waals surface area contributed by atoms with Gasteiger partial charge in [-0.2, -0.15) is 0 Å². The van der Waals surface area contributed by atoms with Crippen molar-refractivity contribution >= 4 is 18.0 Å². The Hall–Kier alpha value is -3.35. The summed E-state index contributed by atoms with van der Waals surface area (Å²) in [5.74, 6) is -1.26. The molecule has 176 valence electrons. The van der Waals surface area contributed by atoms with Crippen molar-refractivity contribution in [2.45, 2.75) is 51.5 Å². The van der Waals surface area contributed by atoms with Crippen LogP contribution >= 0.6 is 0 Å². The number of fused-ring (bicyclic) bond motifs is 3. The molecule has 2 atom stereocenters. The number of rotatable bonds is 11. The van der Waals surface area contributed by atoms with E-state index in [1.54, 1.807) is 0 Å².